The minimum absolute atomic E-state index is 1.79. The van der Waals surface area contributed by atoms with Crippen molar-refractivity contribution >= 4 is 23.9 Å². The highest BCUT2D eigenvalue weighted by molar-refractivity contribution is 6.09. The number of esters is 2. The molecule has 0 spiro atoms. The molecule has 0 amide bonds. The summed E-state index contributed by atoms with van der Waals surface area (Å²) in [5.41, 5.74) is -7.32. The van der Waals surface area contributed by atoms with Crippen molar-refractivity contribution in [3.8, 4) is 0 Å². The number of carboxylic acids is 2. The van der Waals surface area contributed by atoms with Crippen LogP contribution in [0.2, 0.25) is 0 Å². The smallest absolute Gasteiger partial charge is 0.365 e. The highest BCUT2D eigenvalue weighted by Gasteiger charge is 2.34. The summed E-state index contributed by atoms with van der Waals surface area (Å²) in [5, 5.41) is 17.6. The Kier molecular flexibility index (Phi) is 5.52. The number of carbonyl (C=O) groups excluding carboxylic acids is 2. The van der Waals surface area contributed by atoms with Gasteiger partial charge in [-0.15, -0.1) is 0 Å². The molecule has 0 aliphatic heterocycles. The molecule has 0 saturated carbocycles. The van der Waals surface area contributed by atoms with Gasteiger partial charge >= 0.3 is 23.9 Å². The van der Waals surface area contributed by atoms with E-state index < -0.39 is 81.6 Å². The Labute approximate surface area is 153 Å². The van der Waals surface area contributed by atoms with Crippen LogP contribution in [0.4, 0.5) is 26.3 Å². The Bertz CT molecular complexity index is 1020. The van der Waals surface area contributed by atoms with Gasteiger partial charge in [0.05, 0.1) is 0 Å². The molecule has 29 heavy (non-hydrogen) atoms. The monoisotopic (exact) mass is 424 g/mol. The lowest BCUT2D eigenvalue weighted by Gasteiger charge is -2.09. The molecule has 9 nitrogen and oxygen atoms in total. The summed E-state index contributed by atoms with van der Waals surface area (Å²) >= 11 is 0. The summed E-state index contributed by atoms with van der Waals surface area (Å²) in [6.45, 7) is 0. The van der Waals surface area contributed by atoms with E-state index >= 15 is 0 Å². The van der Waals surface area contributed by atoms with Crippen LogP contribution in [0.15, 0.2) is 0 Å². The molecular formula is C14H2F6N2O7. The molecule has 0 radical (unpaired) electrons. The van der Waals surface area contributed by atoms with E-state index in [9.17, 15) is 45.5 Å². The third-order valence-electron chi connectivity index (χ3n) is 3.08. The largest absolute Gasteiger partial charge is 0.478 e. The van der Waals surface area contributed by atoms with Gasteiger partial charge in [-0.3, -0.25) is 0 Å². The van der Waals surface area contributed by atoms with Crippen molar-refractivity contribution in [3.63, 3.8) is 0 Å². The number of carboxylic acid groups (broad SMARTS) is 2. The second kappa shape index (κ2) is 7.53. The maximum absolute atomic E-state index is 13.6. The summed E-state index contributed by atoms with van der Waals surface area (Å²) in [6.07, 6.45) is 0. The lowest BCUT2D eigenvalue weighted by Crippen LogP contribution is -2.24. The van der Waals surface area contributed by atoms with Gasteiger partial charge in [0.1, 0.15) is 11.1 Å². The van der Waals surface area contributed by atoms with Gasteiger partial charge in [-0.2, -0.15) is 17.6 Å². The third-order valence-corrected chi connectivity index (χ3v) is 3.08. The second-order valence-corrected chi connectivity index (χ2v) is 4.80. The predicted molar refractivity (Wildman–Crippen MR) is 71.9 cm³/mol. The number of aromatic nitrogens is 2. The third kappa shape index (κ3) is 3.69. The zero-order chi connectivity index (χ0) is 22.2. The lowest BCUT2D eigenvalue weighted by atomic mass is 10.1. The fraction of sp³-hybridized carbons (Fsp3) is 0. The summed E-state index contributed by atoms with van der Waals surface area (Å²) in [7, 11) is 0. The molecule has 0 bridgehead atoms. The normalized spacial score (nSPS) is 10.6. The quantitative estimate of drug-likeness (QED) is 0.324. The van der Waals surface area contributed by atoms with Crippen LogP contribution in [0.3, 0.4) is 0 Å². The van der Waals surface area contributed by atoms with Gasteiger partial charge in [0.25, 0.3) is 11.9 Å². The summed E-state index contributed by atoms with van der Waals surface area (Å²) in [5.74, 6) is -23.5. The summed E-state index contributed by atoms with van der Waals surface area (Å²) in [6, 6.07) is 0. The zero-order valence-corrected chi connectivity index (χ0v) is 13.1. The number of hydrogen-bond donors (Lipinski definition) is 2. The first-order chi connectivity index (χ1) is 13.4. The van der Waals surface area contributed by atoms with Crippen molar-refractivity contribution in [1.82, 2.24) is 9.97 Å². The van der Waals surface area contributed by atoms with Crippen molar-refractivity contribution in [1.29, 1.82) is 0 Å². The Morgan fingerprint density at radius 2 is 0.931 bits per heavy atom. The Morgan fingerprint density at radius 1 is 0.621 bits per heavy atom. The minimum Gasteiger partial charge on any atom is -0.478 e. The second-order valence-electron chi connectivity index (χ2n) is 4.80. The molecule has 0 fully saturated rings. The minimum atomic E-state index is -2.40. The summed E-state index contributed by atoms with van der Waals surface area (Å²) < 4.78 is 83.5. The van der Waals surface area contributed by atoms with Gasteiger partial charge in [-0.1, -0.05) is 0 Å². The molecule has 0 aliphatic rings. The van der Waals surface area contributed by atoms with Crippen molar-refractivity contribution < 1.29 is 60.5 Å². The molecular weight excluding hydrogens is 422 g/mol. The van der Waals surface area contributed by atoms with E-state index in [4.69, 9.17) is 10.2 Å². The van der Waals surface area contributed by atoms with Crippen LogP contribution in [0, 0.1) is 35.2 Å². The number of carbonyl (C=O) groups is 4. The van der Waals surface area contributed by atoms with Gasteiger partial charge < -0.3 is 14.9 Å². The van der Waals surface area contributed by atoms with Crippen molar-refractivity contribution in [2.45, 2.75) is 0 Å². The molecule has 152 valence electrons. The van der Waals surface area contributed by atoms with Crippen LogP contribution >= 0.6 is 0 Å². The number of ether oxygens (including phenoxy) is 1. The SMILES string of the molecule is O=C(OC(=O)c1nc(F)c(F)c(F)c1C(=O)O)c1nc(F)c(F)c(F)c1C(=O)O. The van der Waals surface area contributed by atoms with Crippen LogP contribution in [0.5, 0.6) is 0 Å². The fourth-order valence-corrected chi connectivity index (χ4v) is 1.88. The van der Waals surface area contributed by atoms with Crippen molar-refractivity contribution in [3.05, 3.63) is 57.7 Å². The van der Waals surface area contributed by atoms with E-state index in [0.717, 1.165) is 0 Å². The fourth-order valence-electron chi connectivity index (χ4n) is 1.88. The van der Waals surface area contributed by atoms with Crippen LogP contribution < -0.4 is 0 Å². The molecule has 0 aromatic carbocycles. The van der Waals surface area contributed by atoms with Gasteiger partial charge in [-0.25, -0.2) is 37.9 Å². The number of hydrogen-bond acceptors (Lipinski definition) is 7. The maximum atomic E-state index is 13.6. The van der Waals surface area contributed by atoms with Gasteiger partial charge in [-0.05, 0) is 0 Å². The van der Waals surface area contributed by atoms with E-state index in [1.807, 2.05) is 0 Å². The first-order valence-corrected chi connectivity index (χ1v) is 6.70. The van der Waals surface area contributed by atoms with Crippen LogP contribution in [0.25, 0.3) is 0 Å². The van der Waals surface area contributed by atoms with E-state index in [-0.39, 0.29) is 0 Å². The predicted octanol–water partition coefficient (Wildman–Crippen LogP) is 1.70. The molecule has 0 aliphatic carbocycles. The molecule has 0 atom stereocenters. The topological polar surface area (TPSA) is 144 Å². The Morgan fingerprint density at radius 3 is 1.21 bits per heavy atom. The van der Waals surface area contributed by atoms with E-state index in [2.05, 4.69) is 14.7 Å². The lowest BCUT2D eigenvalue weighted by molar-refractivity contribution is 0.0373. The molecule has 0 unspecified atom stereocenters. The van der Waals surface area contributed by atoms with E-state index in [0.29, 0.717) is 0 Å². The summed E-state index contributed by atoms with van der Waals surface area (Å²) in [4.78, 5) is 50.5. The average Bonchev–Trinajstić information content (AvgIpc) is 2.62. The van der Waals surface area contributed by atoms with Crippen molar-refractivity contribution in [2.24, 2.45) is 0 Å². The number of rotatable bonds is 4. The van der Waals surface area contributed by atoms with Crippen LogP contribution in [-0.2, 0) is 4.74 Å². The van der Waals surface area contributed by atoms with Gasteiger partial charge in [0.15, 0.2) is 23.0 Å². The molecule has 0 saturated heterocycles. The Balaban J connectivity index is 2.55. The van der Waals surface area contributed by atoms with Crippen molar-refractivity contribution in [2.75, 3.05) is 0 Å². The van der Waals surface area contributed by atoms with Gasteiger partial charge in [0, 0.05) is 0 Å². The zero-order valence-electron chi connectivity index (χ0n) is 13.1. The van der Waals surface area contributed by atoms with Crippen LogP contribution in [0.1, 0.15) is 41.7 Å². The highest BCUT2D eigenvalue weighted by Crippen LogP contribution is 2.21. The molecule has 2 N–H and O–H groups in total. The number of pyridine rings is 2. The average molecular weight is 424 g/mol. The van der Waals surface area contributed by atoms with Gasteiger partial charge in [0.2, 0.25) is 11.6 Å². The standard InChI is InChI=1S/C14H2F6N2O7/c15-3-1(11(23)24)7(21-9(19)5(3)17)13(27)29-14(28)8-2(12(25)26)4(16)6(18)10(20)22-8/h(H,23,24)(H,25,26). The molecule has 2 aromatic heterocycles. The number of nitrogens with zero attached hydrogens (tertiary/aromatic N) is 2. The first kappa shape index (κ1) is 21.3. The first-order valence-electron chi connectivity index (χ1n) is 6.70. The molecule has 2 aromatic rings. The van der Waals surface area contributed by atoms with E-state index in [1.54, 1.807) is 0 Å². The highest BCUT2D eigenvalue weighted by atomic mass is 19.2. The molecule has 15 heteroatoms. The Hall–Kier alpha value is -4.04. The molecule has 2 heterocycles. The maximum Gasteiger partial charge on any atom is 0.365 e. The number of aromatic carboxylic acids is 2. The molecule has 2 rings (SSSR count). The van der Waals surface area contributed by atoms with Crippen LogP contribution in [-0.4, -0.2) is 44.1 Å². The van der Waals surface area contributed by atoms with E-state index in [1.165, 1.54) is 0 Å². The number of halogens is 6.